The molecule has 0 aliphatic carbocycles. The van der Waals surface area contributed by atoms with Gasteiger partial charge in [0.25, 0.3) is 0 Å². The van der Waals surface area contributed by atoms with Crippen LogP contribution < -0.4 is 5.73 Å². The lowest BCUT2D eigenvalue weighted by molar-refractivity contribution is 0.108. The van der Waals surface area contributed by atoms with Crippen molar-refractivity contribution in [3.8, 4) is 0 Å². The molecule has 1 aliphatic rings. The fraction of sp³-hybridized carbons (Fsp3) is 0.500. The molecule has 2 heterocycles. The summed E-state index contributed by atoms with van der Waals surface area (Å²) in [5.41, 5.74) is 6.42. The standard InChI is InChI=1S/C8H11N3O/c9-8-4-6(10-5-11-8)7-2-1-3-12-7/h4-5,7H,1-3H2,(H2,9,10,11). The summed E-state index contributed by atoms with van der Waals surface area (Å²) < 4.78 is 5.45. The molecule has 2 rings (SSSR count). The summed E-state index contributed by atoms with van der Waals surface area (Å²) in [6, 6.07) is 1.77. The van der Waals surface area contributed by atoms with Crippen molar-refractivity contribution in [1.29, 1.82) is 0 Å². The molecule has 0 radical (unpaired) electrons. The lowest BCUT2D eigenvalue weighted by Crippen LogP contribution is -2.01. The van der Waals surface area contributed by atoms with Gasteiger partial charge in [-0.3, -0.25) is 0 Å². The highest BCUT2D eigenvalue weighted by atomic mass is 16.5. The number of nitrogens with two attached hydrogens (primary N) is 1. The normalized spacial score (nSPS) is 22.8. The molecule has 0 aromatic carbocycles. The minimum atomic E-state index is 0.135. The maximum Gasteiger partial charge on any atom is 0.127 e. The Hall–Kier alpha value is -1.16. The first kappa shape index (κ1) is 7.49. The zero-order valence-electron chi connectivity index (χ0n) is 6.73. The molecule has 1 fully saturated rings. The maximum absolute atomic E-state index is 5.52. The molecule has 1 saturated heterocycles. The summed E-state index contributed by atoms with van der Waals surface area (Å²) in [6.07, 6.45) is 3.76. The van der Waals surface area contributed by atoms with E-state index >= 15 is 0 Å². The molecule has 12 heavy (non-hydrogen) atoms. The van der Waals surface area contributed by atoms with E-state index in [1.807, 2.05) is 0 Å². The van der Waals surface area contributed by atoms with Gasteiger partial charge < -0.3 is 10.5 Å². The van der Waals surface area contributed by atoms with Gasteiger partial charge in [-0.05, 0) is 12.8 Å². The van der Waals surface area contributed by atoms with Crippen LogP contribution in [0.25, 0.3) is 0 Å². The minimum absolute atomic E-state index is 0.135. The van der Waals surface area contributed by atoms with Crippen molar-refractivity contribution in [1.82, 2.24) is 9.97 Å². The van der Waals surface area contributed by atoms with Gasteiger partial charge in [0.1, 0.15) is 12.1 Å². The van der Waals surface area contributed by atoms with Crippen LogP contribution in [0.1, 0.15) is 24.6 Å². The topological polar surface area (TPSA) is 61.0 Å². The molecule has 2 N–H and O–H groups in total. The minimum Gasteiger partial charge on any atom is -0.384 e. The van der Waals surface area contributed by atoms with E-state index in [0.717, 1.165) is 25.1 Å². The zero-order valence-corrected chi connectivity index (χ0v) is 6.73. The third kappa shape index (κ3) is 1.38. The summed E-state index contributed by atoms with van der Waals surface area (Å²) in [5.74, 6) is 0.510. The summed E-state index contributed by atoms with van der Waals surface area (Å²) in [6.45, 7) is 0.828. The van der Waals surface area contributed by atoms with Crippen LogP contribution in [0.4, 0.5) is 5.82 Å². The van der Waals surface area contributed by atoms with E-state index in [-0.39, 0.29) is 6.10 Å². The van der Waals surface area contributed by atoms with Crippen LogP contribution in [0.5, 0.6) is 0 Å². The smallest absolute Gasteiger partial charge is 0.127 e. The van der Waals surface area contributed by atoms with Crippen molar-refractivity contribution in [2.45, 2.75) is 18.9 Å². The molecular formula is C8H11N3O. The van der Waals surface area contributed by atoms with Gasteiger partial charge in [0.15, 0.2) is 0 Å². The number of hydrogen-bond donors (Lipinski definition) is 1. The number of ether oxygens (including phenoxy) is 1. The molecule has 1 atom stereocenters. The van der Waals surface area contributed by atoms with Crippen LogP contribution in [0.2, 0.25) is 0 Å². The second kappa shape index (κ2) is 3.06. The largest absolute Gasteiger partial charge is 0.384 e. The van der Waals surface area contributed by atoms with Crippen molar-refractivity contribution in [2.24, 2.45) is 0 Å². The lowest BCUT2D eigenvalue weighted by atomic mass is 10.2. The van der Waals surface area contributed by atoms with Crippen molar-refractivity contribution in [3.63, 3.8) is 0 Å². The first-order chi connectivity index (χ1) is 5.86. The molecule has 0 amide bonds. The summed E-state index contributed by atoms with van der Waals surface area (Å²) >= 11 is 0. The van der Waals surface area contributed by atoms with Crippen LogP contribution in [-0.2, 0) is 4.74 Å². The molecule has 0 saturated carbocycles. The highest BCUT2D eigenvalue weighted by Crippen LogP contribution is 2.26. The molecule has 1 aromatic heterocycles. The van der Waals surface area contributed by atoms with Crippen molar-refractivity contribution in [2.75, 3.05) is 12.3 Å². The Balaban J connectivity index is 2.21. The Morgan fingerprint density at radius 1 is 1.50 bits per heavy atom. The molecule has 0 spiro atoms. The molecule has 0 bridgehead atoms. The molecule has 4 heteroatoms. The molecule has 64 valence electrons. The number of aromatic nitrogens is 2. The third-order valence-electron chi connectivity index (χ3n) is 1.97. The van der Waals surface area contributed by atoms with Gasteiger partial charge in [-0.1, -0.05) is 0 Å². The summed E-state index contributed by atoms with van der Waals surface area (Å²) in [4.78, 5) is 7.93. The van der Waals surface area contributed by atoms with Crippen molar-refractivity contribution >= 4 is 5.82 Å². The second-order valence-corrected chi connectivity index (χ2v) is 2.87. The predicted molar refractivity (Wildman–Crippen MR) is 44.4 cm³/mol. The fourth-order valence-corrected chi connectivity index (χ4v) is 1.38. The van der Waals surface area contributed by atoms with Crippen LogP contribution in [0.15, 0.2) is 12.4 Å². The van der Waals surface area contributed by atoms with Gasteiger partial charge in [-0.2, -0.15) is 0 Å². The SMILES string of the molecule is Nc1cc(C2CCCO2)ncn1. The van der Waals surface area contributed by atoms with Gasteiger partial charge in [0, 0.05) is 12.7 Å². The third-order valence-corrected chi connectivity index (χ3v) is 1.97. The van der Waals surface area contributed by atoms with Crippen molar-refractivity contribution < 1.29 is 4.74 Å². The van der Waals surface area contributed by atoms with E-state index in [2.05, 4.69) is 9.97 Å². The van der Waals surface area contributed by atoms with Crippen LogP contribution in [0.3, 0.4) is 0 Å². The van der Waals surface area contributed by atoms with Gasteiger partial charge in [0.05, 0.1) is 11.8 Å². The lowest BCUT2D eigenvalue weighted by Gasteiger charge is -2.07. The molecular weight excluding hydrogens is 154 g/mol. The zero-order chi connectivity index (χ0) is 8.39. The molecule has 1 aliphatic heterocycles. The highest BCUT2D eigenvalue weighted by molar-refractivity contribution is 5.28. The van der Waals surface area contributed by atoms with Gasteiger partial charge in [-0.15, -0.1) is 0 Å². The van der Waals surface area contributed by atoms with E-state index in [1.54, 1.807) is 6.07 Å². The van der Waals surface area contributed by atoms with Gasteiger partial charge >= 0.3 is 0 Å². The maximum atomic E-state index is 5.52. The van der Waals surface area contributed by atoms with Gasteiger partial charge in [-0.25, -0.2) is 9.97 Å². The Kier molecular flexibility index (Phi) is 1.91. The van der Waals surface area contributed by atoms with E-state index in [4.69, 9.17) is 10.5 Å². The number of nitrogens with zero attached hydrogens (tertiary/aromatic N) is 2. The average Bonchev–Trinajstić information content (AvgIpc) is 2.56. The fourth-order valence-electron chi connectivity index (χ4n) is 1.38. The van der Waals surface area contributed by atoms with E-state index < -0.39 is 0 Å². The van der Waals surface area contributed by atoms with Crippen LogP contribution in [0, 0.1) is 0 Å². The van der Waals surface area contributed by atoms with Gasteiger partial charge in [0.2, 0.25) is 0 Å². The second-order valence-electron chi connectivity index (χ2n) is 2.87. The Bertz CT molecular complexity index is 271. The van der Waals surface area contributed by atoms with Crippen LogP contribution >= 0.6 is 0 Å². The number of hydrogen-bond acceptors (Lipinski definition) is 4. The Morgan fingerprint density at radius 3 is 3.08 bits per heavy atom. The number of nitrogen functional groups attached to an aromatic ring is 1. The monoisotopic (exact) mass is 165 g/mol. The van der Waals surface area contributed by atoms with Crippen LogP contribution in [-0.4, -0.2) is 16.6 Å². The van der Waals surface area contributed by atoms with Crippen molar-refractivity contribution in [3.05, 3.63) is 18.1 Å². The summed E-state index contributed by atoms with van der Waals surface area (Å²) in [7, 11) is 0. The van der Waals surface area contributed by atoms with E-state index in [9.17, 15) is 0 Å². The Labute approximate surface area is 70.8 Å². The molecule has 4 nitrogen and oxygen atoms in total. The highest BCUT2D eigenvalue weighted by Gasteiger charge is 2.18. The number of rotatable bonds is 1. The average molecular weight is 165 g/mol. The first-order valence-electron chi connectivity index (χ1n) is 4.05. The molecule has 1 aromatic rings. The summed E-state index contributed by atoms with van der Waals surface area (Å²) in [5, 5.41) is 0. The van der Waals surface area contributed by atoms with E-state index in [0.29, 0.717) is 5.82 Å². The predicted octanol–water partition coefficient (Wildman–Crippen LogP) is 0.910. The first-order valence-corrected chi connectivity index (χ1v) is 4.05. The Morgan fingerprint density at radius 2 is 2.42 bits per heavy atom. The van der Waals surface area contributed by atoms with E-state index in [1.165, 1.54) is 6.33 Å². The quantitative estimate of drug-likeness (QED) is 0.671. The molecule has 1 unspecified atom stereocenters. The number of anilines is 1.